The lowest BCUT2D eigenvalue weighted by Gasteiger charge is -2.48. The van der Waals surface area contributed by atoms with Gasteiger partial charge in [-0.25, -0.2) is 9.59 Å². The van der Waals surface area contributed by atoms with E-state index < -0.39 is 440 Å². The van der Waals surface area contributed by atoms with E-state index in [9.17, 15) is 173 Å². The van der Waals surface area contributed by atoms with Gasteiger partial charge >= 0.3 is 11.9 Å². The summed E-state index contributed by atoms with van der Waals surface area (Å²) in [5, 5.41) is 354. The van der Waals surface area contributed by atoms with Crippen molar-refractivity contribution in [3.63, 3.8) is 0 Å². The molecular formula is C78H141BN2O54. The van der Waals surface area contributed by atoms with Crippen LogP contribution in [0.4, 0.5) is 0 Å². The Morgan fingerprint density at radius 2 is 0.978 bits per heavy atom. The summed E-state index contributed by atoms with van der Waals surface area (Å²) in [6.45, 7) is -2.70. The second-order valence-corrected chi connectivity index (χ2v) is 35.4. The summed E-state index contributed by atoms with van der Waals surface area (Å²) >= 11 is 0. The van der Waals surface area contributed by atoms with E-state index in [1.165, 1.54) is 21.9 Å². The van der Waals surface area contributed by atoms with Gasteiger partial charge in [0.05, 0.1) is 145 Å². The number of carboxylic acids is 2. The molecular weight excluding hydrogens is 1840 g/mol. The molecule has 0 spiro atoms. The van der Waals surface area contributed by atoms with Crippen LogP contribution in [-0.2, 0) is 104 Å². The van der Waals surface area contributed by atoms with E-state index in [-0.39, 0.29) is 6.61 Å². The van der Waals surface area contributed by atoms with Gasteiger partial charge in [0.1, 0.15) is 159 Å². The van der Waals surface area contributed by atoms with Gasteiger partial charge in [0, 0.05) is 56.1 Å². The Morgan fingerprint density at radius 1 is 0.481 bits per heavy atom. The predicted octanol–water partition coefficient (Wildman–Crippen LogP) is -19.3. The summed E-state index contributed by atoms with van der Waals surface area (Å²) in [7, 11) is 1.36. The van der Waals surface area contributed by atoms with Gasteiger partial charge in [-0.15, -0.1) is 0 Å². The maximum absolute atomic E-state index is 13.0. The van der Waals surface area contributed by atoms with Crippen molar-refractivity contribution in [2.75, 3.05) is 79.2 Å². The molecule has 0 amide bonds. The van der Waals surface area contributed by atoms with Gasteiger partial charge in [0.2, 0.25) is 0 Å². The van der Waals surface area contributed by atoms with E-state index in [4.69, 9.17) is 106 Å². The average molecular weight is 1980 g/mol. The number of aliphatic carboxylic acids is 2. The van der Waals surface area contributed by atoms with Crippen molar-refractivity contribution in [1.82, 2.24) is 0 Å². The van der Waals surface area contributed by atoms with Crippen LogP contribution in [0.3, 0.4) is 0 Å². The Balaban J connectivity index is 1.03. The number of carbonyl (C=O) groups is 2. The van der Waals surface area contributed by atoms with Gasteiger partial charge in [0.25, 0.3) is 19.6 Å². The maximum Gasteiger partial charge on any atom is 0.364 e. The molecule has 8 aliphatic rings. The van der Waals surface area contributed by atoms with Crippen LogP contribution >= 0.6 is 0 Å². The van der Waals surface area contributed by atoms with Crippen molar-refractivity contribution in [3.05, 3.63) is 0 Å². The summed E-state index contributed by atoms with van der Waals surface area (Å²) in [6.07, 6.45) is -94.0. The fourth-order valence-electron chi connectivity index (χ4n) is 16.9. The average Bonchev–Trinajstić information content (AvgIpc) is 0.772. The molecule has 8 rings (SSSR count). The molecule has 0 saturated carbocycles. The second kappa shape index (κ2) is 52.6. The minimum atomic E-state index is -3.04. The highest BCUT2D eigenvalue weighted by molar-refractivity contribution is 5.97. The number of ether oxygens (including phenoxy) is 19. The first-order valence-corrected chi connectivity index (χ1v) is 44.3. The van der Waals surface area contributed by atoms with Crippen molar-refractivity contribution in [2.45, 2.75) is 374 Å². The monoisotopic (exact) mass is 1980 g/mol. The molecule has 8 saturated heterocycles. The predicted molar refractivity (Wildman–Crippen MR) is 433 cm³/mol. The normalized spacial score (nSPS) is 42.7. The van der Waals surface area contributed by atoms with E-state index in [0.29, 0.717) is 0 Å². The molecule has 0 aromatic rings. The highest BCUT2D eigenvalue weighted by atomic mass is 16.8. The van der Waals surface area contributed by atoms with Crippen molar-refractivity contribution < 1.29 is 268 Å². The quantitative estimate of drug-likeness (QED) is 0.0199. The van der Waals surface area contributed by atoms with Crippen molar-refractivity contribution >= 4 is 20.0 Å². The van der Waals surface area contributed by atoms with Gasteiger partial charge in [-0.1, -0.05) is 27.7 Å². The molecule has 8 fully saturated rings. The summed E-state index contributed by atoms with van der Waals surface area (Å²) in [4.78, 5) is 25.8. The van der Waals surface area contributed by atoms with E-state index in [0.717, 1.165) is 13.8 Å². The first kappa shape index (κ1) is 117. The highest BCUT2D eigenvalue weighted by Gasteiger charge is 2.61. The van der Waals surface area contributed by atoms with Crippen molar-refractivity contribution in [2.24, 2.45) is 35.1 Å². The fourth-order valence-corrected chi connectivity index (χ4v) is 16.9. The number of hydrogen-bond donors (Lipinski definition) is 34. The molecule has 790 valence electrons. The molecule has 0 aliphatic carbocycles. The van der Waals surface area contributed by atoms with Gasteiger partial charge < -0.3 is 270 Å². The molecule has 57 heteroatoms. The standard InChI is InChI=1S/C78H141BN2O54/c1-24-28(5)120-43(23-119-79)64(45(24)96)130-70-25(2)46(97)61(38(18-86)122-70)128-67(110)58(109)59(127-68(111)66(50(101)32(90)7-9-82)133-71-27(4)48(99)63(40(20-88)124-71)132-72-56(107)54(105)52(103)41(125-72)21-117-77(75(112)113,12-30(89)14-80)134-29(6)49(100)36(94)16-84)33(91)8-10-116-74-60(34(92)11-31(15-83)121-74)129-69-26(3)47(98)62(39(19-87)123-69)131-73-57(108)55(106)53(104)42(126-73)22-118-78(76(114)115)13-35(93)44(81)65(135-78)51(102)37(95)17-85/h24-74,82-111H,7-23,79-81H2,1-6H3,(H,112,113)(H,114,115)/t24-,25+,26+,27+,28?,29?,30-,31?,32+,33-,34-,35-,36-,37-,38?,39?,40?,41?,42?,43?,44-,45-,46-,47-,48-,49-,50-,51+,52?,53?,54-,55-,56+,57+,58-,59+,60-,61?,62-,63?,64?,65?,66+,67?,68?,69?,70?,71?,72?,73?,74?,77?,78?/m1/s1. The third-order valence-corrected chi connectivity index (χ3v) is 25.8. The minimum absolute atomic E-state index is 0.0935. The Hall–Kier alpha value is -3.08. The molecule has 0 aromatic carbocycles. The molecule has 0 aromatic heterocycles. The molecule has 56 nitrogen and oxygen atoms in total. The number of nitrogens with two attached hydrogens (primary N) is 2. The third kappa shape index (κ3) is 28.0. The van der Waals surface area contributed by atoms with E-state index in [1.807, 2.05) is 0 Å². The first-order valence-electron chi connectivity index (χ1n) is 44.3. The van der Waals surface area contributed by atoms with E-state index in [1.54, 1.807) is 13.8 Å². The molecule has 25 unspecified atom stereocenters. The maximum atomic E-state index is 13.0. The van der Waals surface area contributed by atoms with Gasteiger partial charge in [-0.3, -0.25) is 0 Å². The lowest BCUT2D eigenvalue weighted by Crippen LogP contribution is -2.67. The summed E-state index contributed by atoms with van der Waals surface area (Å²) in [6, 6.07) is -1.57. The molecule has 0 radical (unpaired) electrons. The summed E-state index contributed by atoms with van der Waals surface area (Å²) in [5.74, 6) is -14.6. The fraction of sp³-hybridized carbons (Fsp3) is 0.974. The van der Waals surface area contributed by atoms with Crippen molar-refractivity contribution in [3.8, 4) is 0 Å². The van der Waals surface area contributed by atoms with Gasteiger partial charge in [-0.2, -0.15) is 0 Å². The van der Waals surface area contributed by atoms with Crippen LogP contribution in [0.25, 0.3) is 0 Å². The zero-order valence-corrected chi connectivity index (χ0v) is 74.9. The van der Waals surface area contributed by atoms with Crippen LogP contribution in [0.15, 0.2) is 0 Å². The molecule has 135 heavy (non-hydrogen) atoms. The van der Waals surface area contributed by atoms with Crippen LogP contribution < -0.4 is 11.5 Å². The number of aliphatic hydroxyl groups excluding tert-OH is 30. The van der Waals surface area contributed by atoms with Gasteiger partial charge in [-0.05, 0) is 26.7 Å². The van der Waals surface area contributed by atoms with Crippen LogP contribution in [0, 0.1) is 23.7 Å². The zero-order chi connectivity index (χ0) is 101. The lowest BCUT2D eigenvalue weighted by molar-refractivity contribution is -0.376. The molecule has 53 atom stereocenters. The number of hydrogen-bond acceptors (Lipinski definition) is 54. The molecule has 36 N–H and O–H groups in total. The zero-order valence-electron chi connectivity index (χ0n) is 74.9. The summed E-state index contributed by atoms with van der Waals surface area (Å²) < 4.78 is 117. The van der Waals surface area contributed by atoms with Gasteiger partial charge in [0.15, 0.2) is 50.3 Å². The Bertz CT molecular complexity index is 3450. The molecule has 0 bridgehead atoms. The highest BCUT2D eigenvalue weighted by Crippen LogP contribution is 2.42. The van der Waals surface area contributed by atoms with Crippen LogP contribution in [0.5, 0.6) is 0 Å². The summed E-state index contributed by atoms with van der Waals surface area (Å²) in [5.41, 5.74) is 11.5. The third-order valence-electron chi connectivity index (χ3n) is 25.8. The van der Waals surface area contributed by atoms with Crippen LogP contribution in [0.1, 0.15) is 73.6 Å². The van der Waals surface area contributed by atoms with Crippen molar-refractivity contribution in [1.29, 1.82) is 0 Å². The molecule has 8 aliphatic heterocycles. The number of carboxylic acid groups (broad SMARTS) is 2. The Labute approximate surface area is 773 Å². The topological polar surface area (TPSA) is 918 Å². The smallest absolute Gasteiger partial charge is 0.364 e. The number of aliphatic hydroxyl groups is 30. The lowest BCUT2D eigenvalue weighted by atomic mass is 9.88. The Kier molecular flexibility index (Phi) is 45.7. The SMILES string of the molecule is BOCC1OC(C)[C@@H](C)[C@@H](O)C1OC1OC(CO)C(OC(O)[C@H](O)[C@@H](OC(O)[C@@H](OC2OC(CO)C(OC3OC(COC(C[C@@H](O)CN)(OC(C)[C@@H](O)[C@H](O)CO)C(=O)O)C(O)[C@@H](O)[C@@H]3O)[C@H](O)[C@@H]2C)[C@H](O)[C@@H](O)CCO)[C@H](O)CCOC2OC(CO)C[C@@H](O)[C@H]2OC2OC(CO)[C@@H](OC3OC(COC4(C(=O)O)C[C@@H](O)[C@@H](N)C([C@@H](O)[C@H](O)CO)O4)C(O)[C@@H](O)[C@@H]3O)[C@H](O)[C@@H]2C)[C@H](O)[C@@H]1C. The number of rotatable bonds is 51. The largest absolute Gasteiger partial charge is 0.477 e. The molecule has 8 heterocycles. The van der Waals surface area contributed by atoms with E-state index >= 15 is 0 Å². The van der Waals surface area contributed by atoms with E-state index in [2.05, 4.69) is 0 Å². The van der Waals surface area contributed by atoms with Crippen LogP contribution in [0.2, 0.25) is 0 Å². The Morgan fingerprint density at radius 3 is 1.49 bits per heavy atom. The minimum Gasteiger partial charge on any atom is -0.477 e. The first-order chi connectivity index (χ1) is 63.5. The van der Waals surface area contributed by atoms with Crippen LogP contribution in [-0.4, -0.2) is 563 Å². The second-order valence-electron chi connectivity index (χ2n) is 35.4.